The van der Waals surface area contributed by atoms with Gasteiger partial charge in [0.05, 0.1) is 18.8 Å². The fourth-order valence-corrected chi connectivity index (χ4v) is 2.34. The summed E-state index contributed by atoms with van der Waals surface area (Å²) < 4.78 is 31.6. The highest BCUT2D eigenvalue weighted by Gasteiger charge is 2.19. The highest BCUT2D eigenvalue weighted by molar-refractivity contribution is 5.89. The van der Waals surface area contributed by atoms with Crippen LogP contribution in [-0.4, -0.2) is 13.1 Å². The van der Waals surface area contributed by atoms with E-state index in [4.69, 9.17) is 4.74 Å². The van der Waals surface area contributed by atoms with E-state index in [9.17, 15) is 13.6 Å². The molecule has 0 saturated carbocycles. The zero-order valence-electron chi connectivity index (χ0n) is 13.8. The molecule has 2 N–H and O–H groups in total. The average molecular weight is 334 g/mol. The van der Waals surface area contributed by atoms with Crippen LogP contribution < -0.4 is 15.4 Å². The second-order valence-corrected chi connectivity index (χ2v) is 5.72. The van der Waals surface area contributed by atoms with E-state index in [1.54, 1.807) is 7.11 Å². The molecule has 1 atom stereocenters. The Morgan fingerprint density at radius 1 is 1.08 bits per heavy atom. The van der Waals surface area contributed by atoms with Crippen molar-refractivity contribution in [3.05, 3.63) is 59.7 Å². The van der Waals surface area contributed by atoms with Gasteiger partial charge in [0.15, 0.2) is 0 Å². The number of methoxy groups -OCH3 is 1. The van der Waals surface area contributed by atoms with E-state index in [-0.39, 0.29) is 17.6 Å². The largest absolute Gasteiger partial charge is 0.497 e. The van der Waals surface area contributed by atoms with Crippen LogP contribution in [0.1, 0.15) is 25.5 Å². The van der Waals surface area contributed by atoms with Gasteiger partial charge in [0.25, 0.3) is 0 Å². The lowest BCUT2D eigenvalue weighted by Gasteiger charge is -2.23. The molecule has 0 aromatic heterocycles. The zero-order chi connectivity index (χ0) is 17.7. The summed E-state index contributed by atoms with van der Waals surface area (Å²) in [5.74, 6) is -0.686. The second kappa shape index (κ2) is 7.77. The van der Waals surface area contributed by atoms with Gasteiger partial charge in [-0.1, -0.05) is 26.0 Å². The molecule has 2 aromatic carbocycles. The van der Waals surface area contributed by atoms with Crippen molar-refractivity contribution in [2.45, 2.75) is 19.9 Å². The fourth-order valence-electron chi connectivity index (χ4n) is 2.34. The van der Waals surface area contributed by atoms with Crippen LogP contribution >= 0.6 is 0 Å². The zero-order valence-corrected chi connectivity index (χ0v) is 13.8. The Morgan fingerprint density at radius 3 is 2.29 bits per heavy atom. The maximum Gasteiger partial charge on any atom is 0.319 e. The first kappa shape index (κ1) is 17.7. The third-order valence-electron chi connectivity index (χ3n) is 3.61. The topological polar surface area (TPSA) is 50.4 Å². The summed E-state index contributed by atoms with van der Waals surface area (Å²) in [5.41, 5.74) is 0.826. The molecule has 0 aliphatic heterocycles. The first-order chi connectivity index (χ1) is 11.4. The number of benzene rings is 2. The molecule has 2 amide bonds. The number of hydrogen-bond donors (Lipinski definition) is 2. The van der Waals surface area contributed by atoms with Crippen LogP contribution in [0.25, 0.3) is 0 Å². The first-order valence-electron chi connectivity index (χ1n) is 7.57. The Hall–Kier alpha value is -2.63. The smallest absolute Gasteiger partial charge is 0.319 e. The Labute approximate surface area is 139 Å². The van der Waals surface area contributed by atoms with E-state index in [2.05, 4.69) is 10.6 Å². The Bertz CT molecular complexity index is 703. The monoisotopic (exact) mass is 334 g/mol. The predicted octanol–water partition coefficient (Wildman–Crippen LogP) is 4.49. The summed E-state index contributed by atoms with van der Waals surface area (Å²) in [5, 5.41) is 5.21. The Kier molecular flexibility index (Phi) is 5.73. The van der Waals surface area contributed by atoms with Gasteiger partial charge in [-0.15, -0.1) is 0 Å². The van der Waals surface area contributed by atoms with Gasteiger partial charge in [0.2, 0.25) is 0 Å². The van der Waals surface area contributed by atoms with Crippen LogP contribution in [0, 0.1) is 17.6 Å². The van der Waals surface area contributed by atoms with Crippen LogP contribution in [0.15, 0.2) is 42.5 Å². The van der Waals surface area contributed by atoms with E-state index in [0.29, 0.717) is 0 Å². The van der Waals surface area contributed by atoms with Crippen molar-refractivity contribution in [2.24, 2.45) is 5.92 Å². The number of nitrogens with one attached hydrogen (secondary N) is 2. The standard InChI is InChI=1S/C18H20F2N2O2/c1-11(2)17(12-4-7-14(24-3)8-5-12)22-18(23)21-16-9-6-13(19)10-15(16)20/h4-11,17H,1-3H3,(H2,21,22,23). The van der Waals surface area contributed by atoms with Crippen molar-refractivity contribution in [3.63, 3.8) is 0 Å². The van der Waals surface area contributed by atoms with Gasteiger partial charge in [0.1, 0.15) is 17.4 Å². The molecule has 4 nitrogen and oxygen atoms in total. The molecular formula is C18H20F2N2O2. The second-order valence-electron chi connectivity index (χ2n) is 5.72. The third-order valence-corrected chi connectivity index (χ3v) is 3.61. The summed E-state index contributed by atoms with van der Waals surface area (Å²) in [7, 11) is 1.58. The van der Waals surface area contributed by atoms with Crippen molar-refractivity contribution in [1.29, 1.82) is 0 Å². The molecule has 2 rings (SSSR count). The van der Waals surface area contributed by atoms with Crippen molar-refractivity contribution < 1.29 is 18.3 Å². The number of rotatable bonds is 5. The Morgan fingerprint density at radius 2 is 1.75 bits per heavy atom. The van der Waals surface area contributed by atoms with Crippen molar-refractivity contribution in [1.82, 2.24) is 5.32 Å². The number of carbonyl (C=O) groups excluding carboxylic acids is 1. The number of anilines is 1. The fraction of sp³-hybridized carbons (Fsp3) is 0.278. The van der Waals surface area contributed by atoms with Crippen molar-refractivity contribution >= 4 is 11.7 Å². The maximum atomic E-state index is 13.6. The molecular weight excluding hydrogens is 314 g/mol. The van der Waals surface area contributed by atoms with Crippen LogP contribution in [0.3, 0.4) is 0 Å². The molecule has 0 radical (unpaired) electrons. The van der Waals surface area contributed by atoms with E-state index in [0.717, 1.165) is 23.4 Å². The highest BCUT2D eigenvalue weighted by Crippen LogP contribution is 2.24. The molecule has 0 bridgehead atoms. The molecule has 0 spiro atoms. The van der Waals surface area contributed by atoms with Gasteiger partial charge in [-0.3, -0.25) is 0 Å². The van der Waals surface area contributed by atoms with Gasteiger partial charge in [0, 0.05) is 6.07 Å². The van der Waals surface area contributed by atoms with Crippen molar-refractivity contribution in [2.75, 3.05) is 12.4 Å². The van der Waals surface area contributed by atoms with Gasteiger partial charge < -0.3 is 15.4 Å². The summed E-state index contributed by atoms with van der Waals surface area (Å²) in [6.45, 7) is 3.93. The van der Waals surface area contributed by atoms with Gasteiger partial charge in [-0.2, -0.15) is 0 Å². The molecule has 24 heavy (non-hydrogen) atoms. The van der Waals surface area contributed by atoms with Gasteiger partial charge >= 0.3 is 6.03 Å². The molecule has 1 unspecified atom stereocenters. The predicted molar refractivity (Wildman–Crippen MR) is 89.1 cm³/mol. The summed E-state index contributed by atoms with van der Waals surface area (Å²) in [4.78, 5) is 12.2. The minimum atomic E-state index is -0.823. The minimum absolute atomic E-state index is 0.0777. The van der Waals surface area contributed by atoms with Crippen LogP contribution in [0.4, 0.5) is 19.3 Å². The van der Waals surface area contributed by atoms with E-state index in [1.165, 1.54) is 6.07 Å². The normalized spacial score (nSPS) is 11.9. The number of carbonyl (C=O) groups is 1. The van der Waals surface area contributed by atoms with E-state index < -0.39 is 17.7 Å². The maximum absolute atomic E-state index is 13.6. The van der Waals surface area contributed by atoms with Crippen LogP contribution in [0.2, 0.25) is 0 Å². The number of halogens is 2. The highest BCUT2D eigenvalue weighted by atomic mass is 19.1. The number of hydrogen-bond acceptors (Lipinski definition) is 2. The quantitative estimate of drug-likeness (QED) is 0.846. The lowest BCUT2D eigenvalue weighted by molar-refractivity contribution is 0.244. The molecule has 6 heteroatoms. The SMILES string of the molecule is COc1ccc(C(NC(=O)Nc2ccc(F)cc2F)C(C)C)cc1. The van der Waals surface area contributed by atoms with Crippen molar-refractivity contribution in [3.8, 4) is 5.75 Å². The summed E-state index contributed by atoms with van der Waals surface area (Å²) in [6, 6.07) is 9.51. The lowest BCUT2D eigenvalue weighted by Crippen LogP contribution is -2.35. The molecule has 128 valence electrons. The molecule has 0 heterocycles. The molecule has 0 aliphatic rings. The summed E-state index contributed by atoms with van der Waals surface area (Å²) >= 11 is 0. The minimum Gasteiger partial charge on any atom is -0.497 e. The third kappa shape index (κ3) is 4.44. The molecule has 0 fully saturated rings. The van der Waals surface area contributed by atoms with Gasteiger partial charge in [-0.05, 0) is 35.7 Å². The Balaban J connectivity index is 2.10. The molecule has 0 aliphatic carbocycles. The average Bonchev–Trinajstić information content (AvgIpc) is 2.55. The number of urea groups is 1. The van der Waals surface area contributed by atoms with Gasteiger partial charge in [-0.25, -0.2) is 13.6 Å². The lowest BCUT2D eigenvalue weighted by atomic mass is 9.96. The van der Waals surface area contributed by atoms with Crippen LogP contribution in [0.5, 0.6) is 5.75 Å². The number of amides is 2. The van der Waals surface area contributed by atoms with Crippen LogP contribution in [-0.2, 0) is 0 Å². The molecule has 2 aromatic rings. The summed E-state index contributed by atoms with van der Waals surface area (Å²) in [6.07, 6.45) is 0. The molecule has 0 saturated heterocycles. The van der Waals surface area contributed by atoms with E-state index >= 15 is 0 Å². The first-order valence-corrected chi connectivity index (χ1v) is 7.57. The van der Waals surface area contributed by atoms with E-state index in [1.807, 2.05) is 38.1 Å². The number of ether oxygens (including phenoxy) is 1.